The summed E-state index contributed by atoms with van der Waals surface area (Å²) in [5.41, 5.74) is 0. The van der Waals surface area contributed by atoms with Crippen molar-refractivity contribution in [1.82, 2.24) is 0 Å². The largest absolute Gasteiger partial charge is 4.00 e. The van der Waals surface area contributed by atoms with Gasteiger partial charge in [0.05, 0.1) is 0 Å². The summed E-state index contributed by atoms with van der Waals surface area (Å²) in [5, 5.41) is 0. The first-order chi connectivity index (χ1) is 1.00. The van der Waals surface area contributed by atoms with Crippen LogP contribution >= 0.6 is 0 Å². The summed E-state index contributed by atoms with van der Waals surface area (Å²) in [7, 11) is 0. The molecular weight excluding hydrogens is 217 g/mol. The van der Waals surface area contributed by atoms with Crippen LogP contribution in [-0.2, 0) is 18.6 Å². The first-order valence-electron chi connectivity index (χ1n) is 0.500. The Hall–Kier alpha value is 1.48. The monoisotopic (exact) mass is 219 g/mol. The Kier molecular flexibility index (Phi) is 1570. The van der Waals surface area contributed by atoms with Crippen LogP contribution in [0.5, 0.6) is 0 Å². The van der Waals surface area contributed by atoms with E-state index in [0.717, 1.165) is 0 Å². The third-order valence-electron chi connectivity index (χ3n) is 0. The van der Waals surface area contributed by atoms with E-state index >= 15 is 0 Å². The van der Waals surface area contributed by atoms with E-state index in [1.807, 2.05) is 0 Å². The Balaban J connectivity index is -0.000000000500. The molecule has 0 N–H and O–H groups in total. The quantitative estimate of drug-likeness (QED) is 0.356. The Morgan fingerprint density at radius 3 is 0.571 bits per heavy atom. The van der Waals surface area contributed by atoms with E-state index < -0.39 is 0 Å². The molecule has 7 heavy (non-hydrogen) atoms. The number of hydrogen-bond donors (Lipinski definition) is 0. The van der Waals surface area contributed by atoms with Crippen molar-refractivity contribution in [3.63, 3.8) is 0 Å². The zero-order chi connectivity index (χ0) is 2.00. The fraction of sp³-hybridized carbons (Fsp3) is 0. The van der Waals surface area contributed by atoms with Crippen molar-refractivity contribution in [3.05, 3.63) is 13.2 Å². The second kappa shape index (κ2) is 143. The average molecular weight is 221 g/mol. The van der Waals surface area contributed by atoms with Crippen molar-refractivity contribution in [3.8, 4) is 0 Å². The molecule has 0 fully saturated rings. The Bertz CT molecular complexity index is 9.65. The van der Waals surface area contributed by atoms with Crippen molar-refractivity contribution in [2.24, 2.45) is 0 Å². The molecule has 45 valence electrons. The molecule has 0 rings (SSSR count). The van der Waals surface area contributed by atoms with Crippen LogP contribution in [0.15, 0.2) is 13.2 Å². The summed E-state index contributed by atoms with van der Waals surface area (Å²) in [5.74, 6) is 0. The standard InChI is InChI=1S/C2H4.4ClH.V/c1-2;;;;;/h1-2H2;4*1H;/q;;;;;+4/p-4. The summed E-state index contributed by atoms with van der Waals surface area (Å²) in [4.78, 5) is 0. The van der Waals surface area contributed by atoms with E-state index in [2.05, 4.69) is 13.2 Å². The molecule has 0 aliphatic rings. The molecule has 0 saturated carbocycles. The van der Waals surface area contributed by atoms with Crippen molar-refractivity contribution < 1.29 is 68.2 Å². The van der Waals surface area contributed by atoms with E-state index in [9.17, 15) is 0 Å². The van der Waals surface area contributed by atoms with Gasteiger partial charge < -0.3 is 49.6 Å². The van der Waals surface area contributed by atoms with Crippen molar-refractivity contribution in [1.29, 1.82) is 0 Å². The molecule has 0 aliphatic carbocycles. The molecule has 0 aromatic carbocycles. The molecule has 0 saturated heterocycles. The third kappa shape index (κ3) is 102. The number of rotatable bonds is 0. The van der Waals surface area contributed by atoms with E-state index in [0.29, 0.717) is 0 Å². The van der Waals surface area contributed by atoms with Gasteiger partial charge in [0.1, 0.15) is 0 Å². The van der Waals surface area contributed by atoms with Crippen LogP contribution in [0.4, 0.5) is 0 Å². The van der Waals surface area contributed by atoms with Crippen molar-refractivity contribution in [2.45, 2.75) is 0 Å². The normalized spacial score (nSPS) is 0.571. The Morgan fingerprint density at radius 2 is 0.571 bits per heavy atom. The Labute approximate surface area is 81.0 Å². The molecule has 0 amide bonds. The predicted octanol–water partition coefficient (Wildman–Crippen LogP) is -11.2. The van der Waals surface area contributed by atoms with Crippen LogP contribution in [0.2, 0.25) is 0 Å². The Morgan fingerprint density at radius 1 is 0.571 bits per heavy atom. The minimum absolute atomic E-state index is 0. The molecule has 1 radical (unpaired) electrons. The van der Waals surface area contributed by atoms with E-state index in [4.69, 9.17) is 0 Å². The van der Waals surface area contributed by atoms with Gasteiger partial charge in [0.2, 0.25) is 0 Å². The SMILES string of the molecule is C=C.[Cl-].[Cl-].[Cl-].[Cl-].[V+4]. The predicted molar refractivity (Wildman–Crippen MR) is 11.3 cm³/mol. The van der Waals surface area contributed by atoms with Gasteiger partial charge in [-0.05, 0) is 0 Å². The molecular formula is C2H4Cl4V. The summed E-state index contributed by atoms with van der Waals surface area (Å²) < 4.78 is 0. The van der Waals surface area contributed by atoms with Gasteiger partial charge in [-0.2, -0.15) is 0 Å². The van der Waals surface area contributed by atoms with Crippen LogP contribution in [0.3, 0.4) is 0 Å². The first kappa shape index (κ1) is 77.0. The third-order valence-corrected chi connectivity index (χ3v) is 0. The molecule has 0 aliphatic heterocycles. The maximum absolute atomic E-state index is 3.00. The van der Waals surface area contributed by atoms with E-state index in [-0.39, 0.29) is 68.2 Å². The topological polar surface area (TPSA) is 0 Å². The summed E-state index contributed by atoms with van der Waals surface area (Å²) >= 11 is 0. The maximum atomic E-state index is 3.00. The van der Waals surface area contributed by atoms with Gasteiger partial charge in [-0.3, -0.25) is 0 Å². The van der Waals surface area contributed by atoms with Crippen LogP contribution in [0.25, 0.3) is 0 Å². The van der Waals surface area contributed by atoms with Gasteiger partial charge in [-0.25, -0.2) is 0 Å². The fourth-order valence-electron chi connectivity index (χ4n) is 0. The van der Waals surface area contributed by atoms with Gasteiger partial charge in [0.15, 0.2) is 0 Å². The number of hydrogen-bond acceptors (Lipinski definition) is 0. The van der Waals surface area contributed by atoms with Gasteiger partial charge >= 0.3 is 18.6 Å². The molecule has 0 heterocycles. The van der Waals surface area contributed by atoms with Crippen LogP contribution in [0, 0.1) is 0 Å². The summed E-state index contributed by atoms with van der Waals surface area (Å²) in [6.07, 6.45) is 0. The van der Waals surface area contributed by atoms with E-state index in [1.54, 1.807) is 0 Å². The first-order valence-corrected chi connectivity index (χ1v) is 0.500. The van der Waals surface area contributed by atoms with Gasteiger partial charge in [0.25, 0.3) is 0 Å². The van der Waals surface area contributed by atoms with Crippen LogP contribution in [0.1, 0.15) is 0 Å². The maximum Gasteiger partial charge on any atom is 4.00 e. The average Bonchev–Trinajstić information content (AvgIpc) is 1.00. The van der Waals surface area contributed by atoms with E-state index in [1.165, 1.54) is 0 Å². The smallest absolute Gasteiger partial charge is 1.00 e. The molecule has 0 atom stereocenters. The summed E-state index contributed by atoms with van der Waals surface area (Å²) in [6.45, 7) is 6.00. The zero-order valence-electron chi connectivity index (χ0n) is 3.37. The summed E-state index contributed by atoms with van der Waals surface area (Å²) in [6, 6.07) is 0. The second-order valence-corrected chi connectivity index (χ2v) is 0. The van der Waals surface area contributed by atoms with Crippen molar-refractivity contribution >= 4 is 0 Å². The molecule has 0 bridgehead atoms. The molecule has 0 aromatic heterocycles. The molecule has 5 heteroatoms. The molecule has 0 unspecified atom stereocenters. The zero-order valence-corrected chi connectivity index (χ0v) is 7.79. The minimum atomic E-state index is 0. The minimum Gasteiger partial charge on any atom is -1.00 e. The molecule has 0 nitrogen and oxygen atoms in total. The van der Waals surface area contributed by atoms with Crippen LogP contribution < -0.4 is 49.6 Å². The van der Waals surface area contributed by atoms with Gasteiger partial charge in [-0.15, -0.1) is 13.2 Å². The number of halogens is 4. The second-order valence-electron chi connectivity index (χ2n) is 0. The van der Waals surface area contributed by atoms with Gasteiger partial charge in [-0.1, -0.05) is 0 Å². The molecule has 0 aromatic rings. The van der Waals surface area contributed by atoms with Crippen molar-refractivity contribution in [2.75, 3.05) is 0 Å². The van der Waals surface area contributed by atoms with Crippen LogP contribution in [-0.4, -0.2) is 0 Å². The molecule has 0 spiro atoms. The van der Waals surface area contributed by atoms with Gasteiger partial charge in [0, 0.05) is 0 Å². The fourth-order valence-corrected chi connectivity index (χ4v) is 0.